The van der Waals surface area contributed by atoms with Gasteiger partial charge in [0, 0.05) is 13.8 Å². The Labute approximate surface area is 124 Å². The molecule has 2 rings (SSSR count). The van der Waals surface area contributed by atoms with Crippen molar-refractivity contribution in [3.63, 3.8) is 0 Å². The lowest BCUT2D eigenvalue weighted by atomic mass is 10.3. The number of halogens is 2. The quantitative estimate of drug-likeness (QED) is 0.696. The average Bonchev–Trinajstić information content (AvgIpc) is 2.59. The molecule has 0 bridgehead atoms. The second kappa shape index (κ2) is 5.29. The smallest absolute Gasteiger partial charge is 0.246 e. The second-order valence-corrected chi connectivity index (χ2v) is 6.34. The maximum absolute atomic E-state index is 5.81. The van der Waals surface area contributed by atoms with Crippen molar-refractivity contribution in [2.75, 3.05) is 6.61 Å². The average molecular weight is 380 g/mol. The van der Waals surface area contributed by atoms with Crippen LogP contribution in [0.5, 0.6) is 17.2 Å². The van der Waals surface area contributed by atoms with Crippen molar-refractivity contribution in [1.82, 2.24) is 0 Å². The van der Waals surface area contributed by atoms with Gasteiger partial charge in [-0.2, -0.15) is 0 Å². The number of rotatable bonds is 4. The van der Waals surface area contributed by atoms with Crippen LogP contribution < -0.4 is 14.2 Å². The zero-order valence-electron chi connectivity index (χ0n) is 10.7. The van der Waals surface area contributed by atoms with E-state index in [4.69, 9.17) is 14.2 Å². The SMILES string of the molecule is CCCCOc1c(Br)cc(Br)c2c1OC(C)(C)O2. The molecule has 100 valence electrons. The number of unbranched alkanes of at least 4 members (excludes halogenated alkanes) is 1. The summed E-state index contributed by atoms with van der Waals surface area (Å²) in [5, 5.41) is 0. The lowest BCUT2D eigenvalue weighted by Gasteiger charge is -2.16. The van der Waals surface area contributed by atoms with Crippen molar-refractivity contribution in [2.24, 2.45) is 0 Å². The van der Waals surface area contributed by atoms with E-state index in [0.29, 0.717) is 23.9 Å². The van der Waals surface area contributed by atoms with E-state index >= 15 is 0 Å². The van der Waals surface area contributed by atoms with E-state index in [1.54, 1.807) is 0 Å². The lowest BCUT2D eigenvalue weighted by molar-refractivity contribution is -0.0444. The Hall–Kier alpha value is -0.420. The molecule has 0 saturated carbocycles. The lowest BCUT2D eigenvalue weighted by Crippen LogP contribution is -2.29. The zero-order chi connectivity index (χ0) is 13.3. The molecule has 0 radical (unpaired) electrons. The minimum Gasteiger partial charge on any atom is -0.488 e. The van der Waals surface area contributed by atoms with E-state index < -0.39 is 5.79 Å². The van der Waals surface area contributed by atoms with E-state index in [0.717, 1.165) is 21.8 Å². The molecular weight excluding hydrogens is 364 g/mol. The standard InChI is InChI=1S/C13H16Br2O3/c1-4-5-6-16-10-8(14)7-9(15)11-12(10)18-13(2,3)17-11/h7H,4-6H2,1-3H3. The summed E-state index contributed by atoms with van der Waals surface area (Å²) in [6.07, 6.45) is 2.11. The van der Waals surface area contributed by atoms with Crippen molar-refractivity contribution in [2.45, 2.75) is 39.4 Å². The molecule has 3 nitrogen and oxygen atoms in total. The molecule has 0 fully saturated rings. The highest BCUT2D eigenvalue weighted by molar-refractivity contribution is 9.11. The summed E-state index contributed by atoms with van der Waals surface area (Å²) >= 11 is 6.98. The molecule has 1 aliphatic heterocycles. The van der Waals surface area contributed by atoms with E-state index in [1.165, 1.54) is 0 Å². The molecule has 0 N–H and O–H groups in total. The molecule has 0 amide bonds. The van der Waals surface area contributed by atoms with Gasteiger partial charge in [0.2, 0.25) is 11.5 Å². The third-order valence-corrected chi connectivity index (χ3v) is 3.72. The van der Waals surface area contributed by atoms with Crippen LogP contribution in [0.1, 0.15) is 33.6 Å². The summed E-state index contributed by atoms with van der Waals surface area (Å²) < 4.78 is 19.1. The molecular formula is C13H16Br2O3. The Morgan fingerprint density at radius 2 is 1.83 bits per heavy atom. The Balaban J connectivity index is 2.33. The molecule has 0 aromatic heterocycles. The fourth-order valence-electron chi connectivity index (χ4n) is 1.72. The molecule has 1 heterocycles. The van der Waals surface area contributed by atoms with Gasteiger partial charge in [-0.3, -0.25) is 0 Å². The summed E-state index contributed by atoms with van der Waals surface area (Å²) in [6.45, 7) is 6.56. The van der Waals surface area contributed by atoms with Crippen molar-refractivity contribution in [3.05, 3.63) is 15.0 Å². The molecule has 0 unspecified atom stereocenters. The molecule has 0 aliphatic carbocycles. The first-order valence-electron chi connectivity index (χ1n) is 5.97. The van der Waals surface area contributed by atoms with Gasteiger partial charge in [-0.1, -0.05) is 13.3 Å². The summed E-state index contributed by atoms with van der Waals surface area (Å²) in [6, 6.07) is 1.92. The van der Waals surface area contributed by atoms with Gasteiger partial charge in [0.05, 0.1) is 15.6 Å². The van der Waals surface area contributed by atoms with Gasteiger partial charge in [0.1, 0.15) is 0 Å². The highest BCUT2D eigenvalue weighted by Crippen LogP contribution is 2.53. The normalized spacial score (nSPS) is 15.8. The van der Waals surface area contributed by atoms with Gasteiger partial charge in [0.15, 0.2) is 11.5 Å². The van der Waals surface area contributed by atoms with Crippen LogP contribution in [0.3, 0.4) is 0 Å². The Bertz CT molecular complexity index is 458. The summed E-state index contributed by atoms with van der Waals surface area (Å²) in [5.74, 6) is 1.42. The summed E-state index contributed by atoms with van der Waals surface area (Å²) in [4.78, 5) is 0. The Morgan fingerprint density at radius 1 is 1.17 bits per heavy atom. The predicted octanol–water partition coefficient (Wildman–Crippen LogP) is 4.90. The van der Waals surface area contributed by atoms with Crippen LogP contribution in [0.25, 0.3) is 0 Å². The molecule has 1 aliphatic rings. The molecule has 0 atom stereocenters. The minimum atomic E-state index is -0.658. The van der Waals surface area contributed by atoms with Crippen LogP contribution in [-0.2, 0) is 0 Å². The Kier molecular flexibility index (Phi) is 4.11. The fraction of sp³-hybridized carbons (Fsp3) is 0.538. The summed E-state index contributed by atoms with van der Waals surface area (Å²) in [7, 11) is 0. The molecule has 1 aromatic carbocycles. The topological polar surface area (TPSA) is 27.7 Å². The third kappa shape index (κ3) is 2.77. The maximum atomic E-state index is 5.81. The molecule has 5 heteroatoms. The first-order valence-corrected chi connectivity index (χ1v) is 7.56. The number of ether oxygens (including phenoxy) is 3. The van der Waals surface area contributed by atoms with E-state index in [9.17, 15) is 0 Å². The van der Waals surface area contributed by atoms with E-state index in [2.05, 4.69) is 38.8 Å². The second-order valence-electron chi connectivity index (χ2n) is 4.63. The fourth-order valence-corrected chi connectivity index (χ4v) is 3.04. The van der Waals surface area contributed by atoms with Crippen LogP contribution in [-0.4, -0.2) is 12.4 Å². The number of fused-ring (bicyclic) bond motifs is 1. The van der Waals surface area contributed by atoms with Gasteiger partial charge in [-0.15, -0.1) is 0 Å². The monoisotopic (exact) mass is 378 g/mol. The third-order valence-electron chi connectivity index (χ3n) is 2.54. The van der Waals surface area contributed by atoms with Crippen LogP contribution in [0.2, 0.25) is 0 Å². The molecule has 1 aromatic rings. The van der Waals surface area contributed by atoms with Gasteiger partial charge in [-0.05, 0) is 44.3 Å². The van der Waals surface area contributed by atoms with Crippen LogP contribution in [0, 0.1) is 0 Å². The molecule has 18 heavy (non-hydrogen) atoms. The first-order chi connectivity index (χ1) is 8.44. The largest absolute Gasteiger partial charge is 0.488 e. The predicted molar refractivity (Wildman–Crippen MR) is 77.6 cm³/mol. The van der Waals surface area contributed by atoms with Gasteiger partial charge in [0.25, 0.3) is 0 Å². The van der Waals surface area contributed by atoms with Crippen molar-refractivity contribution in [3.8, 4) is 17.2 Å². The minimum absolute atomic E-state index is 0.658. The first kappa shape index (κ1) is 14.0. The molecule has 0 spiro atoms. The van der Waals surface area contributed by atoms with Crippen LogP contribution in [0.15, 0.2) is 15.0 Å². The highest BCUT2D eigenvalue weighted by atomic mass is 79.9. The number of hydrogen-bond donors (Lipinski definition) is 0. The van der Waals surface area contributed by atoms with Gasteiger partial charge < -0.3 is 14.2 Å². The van der Waals surface area contributed by atoms with Gasteiger partial charge in [-0.25, -0.2) is 0 Å². The van der Waals surface area contributed by atoms with Crippen molar-refractivity contribution < 1.29 is 14.2 Å². The number of benzene rings is 1. The number of hydrogen-bond acceptors (Lipinski definition) is 3. The highest BCUT2D eigenvalue weighted by Gasteiger charge is 2.37. The summed E-state index contributed by atoms with van der Waals surface area (Å²) in [5.41, 5.74) is 0. The zero-order valence-corrected chi connectivity index (χ0v) is 13.9. The van der Waals surface area contributed by atoms with Gasteiger partial charge >= 0.3 is 0 Å². The van der Waals surface area contributed by atoms with E-state index in [-0.39, 0.29) is 0 Å². The molecule has 0 saturated heterocycles. The van der Waals surface area contributed by atoms with Crippen molar-refractivity contribution in [1.29, 1.82) is 0 Å². The maximum Gasteiger partial charge on any atom is 0.246 e. The van der Waals surface area contributed by atoms with Crippen LogP contribution >= 0.6 is 31.9 Å². The van der Waals surface area contributed by atoms with Crippen LogP contribution in [0.4, 0.5) is 0 Å². The van der Waals surface area contributed by atoms with E-state index in [1.807, 2.05) is 19.9 Å². The Morgan fingerprint density at radius 3 is 2.50 bits per heavy atom. The van der Waals surface area contributed by atoms with Crippen molar-refractivity contribution >= 4 is 31.9 Å².